The van der Waals surface area contributed by atoms with E-state index >= 15 is 0 Å². The Hall–Kier alpha value is -4.84. The van der Waals surface area contributed by atoms with Gasteiger partial charge in [-0.2, -0.15) is 0 Å². The lowest BCUT2D eigenvalue weighted by atomic mass is 9.94. The van der Waals surface area contributed by atoms with E-state index in [-0.39, 0.29) is 17.9 Å². The predicted molar refractivity (Wildman–Crippen MR) is 168 cm³/mol. The van der Waals surface area contributed by atoms with E-state index in [1.807, 2.05) is 113 Å². The number of benzene rings is 4. The van der Waals surface area contributed by atoms with E-state index in [2.05, 4.69) is 0 Å². The highest BCUT2D eigenvalue weighted by Gasteiger charge is 2.46. The third kappa shape index (κ3) is 6.64. The van der Waals surface area contributed by atoms with E-state index in [9.17, 15) is 14.7 Å². The Bertz CT molecular complexity index is 1680. The maximum Gasteiger partial charge on any atom is 0.295 e. The zero-order valence-electron chi connectivity index (χ0n) is 25.3. The Morgan fingerprint density at radius 3 is 2.26 bits per heavy atom. The zero-order chi connectivity index (χ0) is 30.7. The Morgan fingerprint density at radius 2 is 1.56 bits per heavy atom. The largest absolute Gasteiger partial charge is 0.507 e. The summed E-state index contributed by atoms with van der Waals surface area (Å²) in [7, 11) is 0. The number of aliphatic hydroxyl groups is 1. The number of aryl methyl sites for hydroxylation is 2. The van der Waals surface area contributed by atoms with Crippen molar-refractivity contribution in [2.75, 3.05) is 0 Å². The number of aliphatic hydroxyl groups excluding tert-OH is 1. The highest BCUT2D eigenvalue weighted by atomic mass is 16.5. The second-order valence-electron chi connectivity index (χ2n) is 11.9. The van der Waals surface area contributed by atoms with Gasteiger partial charge in [0, 0.05) is 11.1 Å². The first-order valence-corrected chi connectivity index (χ1v) is 14.4. The Balaban J connectivity index is 1.53. The van der Waals surface area contributed by atoms with E-state index < -0.39 is 23.3 Å². The molecule has 6 nitrogen and oxygen atoms in total. The van der Waals surface area contributed by atoms with Crippen molar-refractivity contribution in [2.45, 2.75) is 59.4 Å². The average Bonchev–Trinajstić information content (AvgIpc) is 3.22. The summed E-state index contributed by atoms with van der Waals surface area (Å²) in [4.78, 5) is 28.8. The summed E-state index contributed by atoms with van der Waals surface area (Å²) in [5.74, 6) is -0.295. The van der Waals surface area contributed by atoms with Gasteiger partial charge in [-0.3, -0.25) is 9.59 Å². The van der Waals surface area contributed by atoms with Crippen molar-refractivity contribution in [2.24, 2.45) is 0 Å². The second-order valence-corrected chi connectivity index (χ2v) is 11.9. The molecule has 0 aromatic heterocycles. The summed E-state index contributed by atoms with van der Waals surface area (Å²) in [5, 5.41) is 11.6. The lowest BCUT2D eigenvalue weighted by Gasteiger charge is -2.28. The summed E-state index contributed by atoms with van der Waals surface area (Å²) in [6.07, 6.45) is 0. The molecule has 4 aromatic rings. The number of hydrogen-bond acceptors (Lipinski definition) is 5. The maximum atomic E-state index is 13.6. The summed E-state index contributed by atoms with van der Waals surface area (Å²) < 4.78 is 12.2. The lowest BCUT2D eigenvalue weighted by Crippen LogP contribution is -2.30. The van der Waals surface area contributed by atoms with E-state index in [1.165, 1.54) is 4.90 Å². The summed E-state index contributed by atoms with van der Waals surface area (Å²) in [6.45, 7) is 10.3. The van der Waals surface area contributed by atoms with Crippen LogP contribution in [0.3, 0.4) is 0 Å². The highest BCUT2D eigenvalue weighted by Crippen LogP contribution is 2.42. The minimum absolute atomic E-state index is 0.0576. The van der Waals surface area contributed by atoms with Crippen molar-refractivity contribution < 1.29 is 24.2 Å². The fraction of sp³-hybridized carbons (Fsp3) is 0.243. The van der Waals surface area contributed by atoms with Crippen molar-refractivity contribution >= 4 is 17.4 Å². The van der Waals surface area contributed by atoms with Crippen LogP contribution in [0.25, 0.3) is 5.76 Å². The standard InChI is InChI=1S/C37H37NO5/c1-24-12-11-16-27(20-24)33-32(34(39)28-18-19-30(25(2)21-28)42-23-26-13-7-6-8-14-26)35(40)36(41)38(33)22-29-15-9-10-17-31(29)43-37(3,4)5/h6-21,33,39H,22-23H2,1-5H3/b34-32-. The predicted octanol–water partition coefficient (Wildman–Crippen LogP) is 7.68. The van der Waals surface area contributed by atoms with E-state index in [0.29, 0.717) is 23.7 Å². The second kappa shape index (κ2) is 12.2. The van der Waals surface area contributed by atoms with Gasteiger partial charge < -0.3 is 19.5 Å². The molecule has 1 heterocycles. The number of carbonyl (C=O) groups excluding carboxylic acids is 2. The molecular weight excluding hydrogens is 538 g/mol. The first-order valence-electron chi connectivity index (χ1n) is 14.4. The van der Waals surface area contributed by atoms with Crippen LogP contribution in [-0.4, -0.2) is 27.3 Å². The van der Waals surface area contributed by atoms with Gasteiger partial charge in [-0.15, -0.1) is 0 Å². The monoisotopic (exact) mass is 575 g/mol. The molecule has 0 radical (unpaired) electrons. The molecule has 1 aliphatic rings. The molecule has 1 amide bonds. The molecule has 1 unspecified atom stereocenters. The molecular formula is C37H37NO5. The molecule has 4 aromatic carbocycles. The molecule has 1 aliphatic heterocycles. The molecule has 6 heteroatoms. The normalized spacial score (nSPS) is 16.4. The van der Waals surface area contributed by atoms with Gasteiger partial charge in [0.05, 0.1) is 18.2 Å². The number of likely N-dealkylation sites (tertiary alicyclic amines) is 1. The van der Waals surface area contributed by atoms with Crippen LogP contribution in [-0.2, 0) is 22.7 Å². The van der Waals surface area contributed by atoms with Gasteiger partial charge >= 0.3 is 0 Å². The van der Waals surface area contributed by atoms with Gasteiger partial charge in [0.2, 0.25) is 0 Å². The zero-order valence-corrected chi connectivity index (χ0v) is 25.3. The Labute approximate surface area is 253 Å². The molecule has 1 saturated heterocycles. The van der Waals surface area contributed by atoms with Gasteiger partial charge in [-0.1, -0.05) is 78.4 Å². The van der Waals surface area contributed by atoms with Crippen molar-refractivity contribution in [3.05, 3.63) is 136 Å². The smallest absolute Gasteiger partial charge is 0.295 e. The number of ether oxygens (including phenoxy) is 2. The maximum absolute atomic E-state index is 13.6. The third-order valence-corrected chi connectivity index (χ3v) is 7.31. The van der Waals surface area contributed by atoms with Crippen LogP contribution in [0.5, 0.6) is 11.5 Å². The third-order valence-electron chi connectivity index (χ3n) is 7.31. The Morgan fingerprint density at radius 1 is 0.837 bits per heavy atom. The van der Waals surface area contributed by atoms with Crippen molar-refractivity contribution in [3.63, 3.8) is 0 Å². The van der Waals surface area contributed by atoms with Crippen LogP contribution >= 0.6 is 0 Å². The number of amides is 1. The molecule has 43 heavy (non-hydrogen) atoms. The summed E-state index contributed by atoms with van der Waals surface area (Å²) in [5.41, 5.74) is 4.39. The van der Waals surface area contributed by atoms with E-state index in [0.717, 1.165) is 27.8 Å². The highest BCUT2D eigenvalue weighted by molar-refractivity contribution is 6.46. The van der Waals surface area contributed by atoms with Gasteiger partial charge in [-0.25, -0.2) is 0 Å². The molecule has 0 bridgehead atoms. The number of Topliss-reactive ketones (excluding diaryl/α,β-unsaturated/α-hetero) is 1. The van der Waals surface area contributed by atoms with Crippen LogP contribution in [0.1, 0.15) is 60.2 Å². The number of hydrogen-bond donors (Lipinski definition) is 1. The SMILES string of the molecule is Cc1cccc(C2/C(=C(/O)c3ccc(OCc4ccccc4)c(C)c3)C(=O)C(=O)N2Cc2ccccc2OC(C)(C)C)c1. The molecule has 220 valence electrons. The minimum Gasteiger partial charge on any atom is -0.507 e. The van der Waals surface area contributed by atoms with Gasteiger partial charge in [0.1, 0.15) is 29.5 Å². The number of carbonyl (C=O) groups is 2. The number of para-hydroxylation sites is 1. The topological polar surface area (TPSA) is 76.1 Å². The summed E-state index contributed by atoms with van der Waals surface area (Å²) >= 11 is 0. The molecule has 1 N–H and O–H groups in total. The van der Waals surface area contributed by atoms with Gasteiger partial charge in [-0.05, 0) is 75.6 Å². The quantitative estimate of drug-likeness (QED) is 0.132. The minimum atomic E-state index is -0.781. The van der Waals surface area contributed by atoms with E-state index in [4.69, 9.17) is 9.47 Å². The molecule has 0 saturated carbocycles. The molecule has 1 fully saturated rings. The first-order chi connectivity index (χ1) is 20.5. The van der Waals surface area contributed by atoms with Gasteiger partial charge in [0.25, 0.3) is 11.7 Å². The molecule has 0 aliphatic carbocycles. The lowest BCUT2D eigenvalue weighted by molar-refractivity contribution is -0.140. The van der Waals surface area contributed by atoms with E-state index in [1.54, 1.807) is 18.2 Å². The number of nitrogens with zero attached hydrogens (tertiary/aromatic N) is 1. The molecule has 5 rings (SSSR count). The number of ketones is 1. The van der Waals surface area contributed by atoms with Crippen molar-refractivity contribution in [3.8, 4) is 11.5 Å². The van der Waals surface area contributed by atoms with Crippen molar-refractivity contribution in [1.82, 2.24) is 4.90 Å². The Kier molecular flexibility index (Phi) is 8.40. The molecule has 1 atom stereocenters. The molecule has 0 spiro atoms. The first kappa shape index (κ1) is 29.6. The van der Waals surface area contributed by atoms with Crippen LogP contribution < -0.4 is 9.47 Å². The van der Waals surface area contributed by atoms with Crippen LogP contribution in [0.4, 0.5) is 0 Å². The van der Waals surface area contributed by atoms with Gasteiger partial charge in [0.15, 0.2) is 0 Å². The fourth-order valence-corrected chi connectivity index (χ4v) is 5.33. The van der Waals surface area contributed by atoms with Crippen LogP contribution in [0.15, 0.2) is 103 Å². The average molecular weight is 576 g/mol. The number of rotatable bonds is 8. The van der Waals surface area contributed by atoms with Crippen LogP contribution in [0.2, 0.25) is 0 Å². The fourth-order valence-electron chi connectivity index (χ4n) is 5.33. The van der Waals surface area contributed by atoms with Crippen molar-refractivity contribution in [1.29, 1.82) is 0 Å². The summed E-state index contributed by atoms with van der Waals surface area (Å²) in [6, 6.07) is 29.6. The van der Waals surface area contributed by atoms with Crippen LogP contribution in [0, 0.1) is 13.8 Å².